The molecule has 0 aliphatic rings. The third-order valence-electron chi connectivity index (χ3n) is 2.45. The van der Waals surface area contributed by atoms with Crippen molar-refractivity contribution in [1.29, 1.82) is 0 Å². The molecule has 3 N–H and O–H groups in total. The van der Waals surface area contributed by atoms with Crippen molar-refractivity contribution in [3.8, 4) is 0 Å². The minimum atomic E-state index is -2.31. The molecule has 0 saturated carbocycles. The van der Waals surface area contributed by atoms with Gasteiger partial charge in [0.1, 0.15) is 0 Å². The number of alkyl carbamates (subject to hydrolysis) is 1. The van der Waals surface area contributed by atoms with E-state index in [1.807, 2.05) is 0 Å². The van der Waals surface area contributed by atoms with Gasteiger partial charge in [-0.2, -0.15) is 0 Å². The summed E-state index contributed by atoms with van der Waals surface area (Å²) in [5, 5.41) is 2.15. The summed E-state index contributed by atoms with van der Waals surface area (Å²) < 4.78 is 9.42. The number of nitrogens with one attached hydrogen (secondary N) is 1. The van der Waals surface area contributed by atoms with Crippen molar-refractivity contribution < 1.29 is 23.9 Å². The quantitative estimate of drug-likeness (QED) is 0.584. The fraction of sp³-hybridized carbons (Fsp3) is 0.250. The predicted molar refractivity (Wildman–Crippen MR) is 64.9 cm³/mol. The molecule has 0 bridgehead atoms. The average molecular weight is 266 g/mol. The molecule has 0 heterocycles. The fourth-order valence-electron chi connectivity index (χ4n) is 1.52. The summed E-state index contributed by atoms with van der Waals surface area (Å²) in [6.07, 6.45) is -0.979. The number of hydrogen-bond acceptors (Lipinski definition) is 5. The van der Waals surface area contributed by atoms with Crippen LogP contribution in [0.5, 0.6) is 0 Å². The Morgan fingerprint density at radius 1 is 1.21 bits per heavy atom. The third-order valence-corrected chi connectivity index (χ3v) is 2.45. The zero-order chi connectivity index (χ0) is 14.5. The Kier molecular flexibility index (Phi) is 4.46. The van der Waals surface area contributed by atoms with Gasteiger partial charge in [-0.05, 0) is 0 Å². The molecule has 1 aromatic rings. The SMILES string of the molecule is CNC(=O)O[C@](C(N)=O)(C(=O)OC)c1ccccc1. The predicted octanol–water partition coefficient (Wildman–Crippen LogP) is -0.104. The van der Waals surface area contributed by atoms with Crippen molar-refractivity contribution in [2.75, 3.05) is 14.2 Å². The molecule has 0 radical (unpaired) electrons. The number of amides is 2. The summed E-state index contributed by atoms with van der Waals surface area (Å²) in [5.74, 6) is -2.22. The van der Waals surface area contributed by atoms with Gasteiger partial charge in [0.15, 0.2) is 0 Å². The lowest BCUT2D eigenvalue weighted by molar-refractivity contribution is -0.169. The summed E-state index contributed by atoms with van der Waals surface area (Å²) in [7, 11) is 2.35. The van der Waals surface area contributed by atoms with Crippen LogP contribution in [-0.4, -0.2) is 32.1 Å². The van der Waals surface area contributed by atoms with Gasteiger partial charge in [-0.1, -0.05) is 30.3 Å². The van der Waals surface area contributed by atoms with E-state index < -0.39 is 23.6 Å². The Balaban J connectivity index is 3.40. The molecule has 102 valence electrons. The van der Waals surface area contributed by atoms with Crippen molar-refractivity contribution in [3.05, 3.63) is 35.9 Å². The van der Waals surface area contributed by atoms with Crippen LogP contribution in [0.4, 0.5) is 4.79 Å². The zero-order valence-corrected chi connectivity index (χ0v) is 10.5. The van der Waals surface area contributed by atoms with Crippen LogP contribution in [0.15, 0.2) is 30.3 Å². The molecule has 0 aliphatic heterocycles. The Morgan fingerprint density at radius 2 is 1.79 bits per heavy atom. The van der Waals surface area contributed by atoms with Gasteiger partial charge in [0.25, 0.3) is 5.91 Å². The molecule has 2 amide bonds. The van der Waals surface area contributed by atoms with E-state index in [0.29, 0.717) is 0 Å². The Hall–Kier alpha value is -2.57. The van der Waals surface area contributed by atoms with E-state index in [9.17, 15) is 14.4 Å². The lowest BCUT2D eigenvalue weighted by Crippen LogP contribution is -2.53. The van der Waals surface area contributed by atoms with Crippen molar-refractivity contribution >= 4 is 18.0 Å². The lowest BCUT2D eigenvalue weighted by Gasteiger charge is -2.27. The number of ether oxygens (including phenoxy) is 2. The van der Waals surface area contributed by atoms with Crippen LogP contribution >= 0.6 is 0 Å². The van der Waals surface area contributed by atoms with E-state index in [-0.39, 0.29) is 5.56 Å². The Labute approximate surface area is 109 Å². The molecule has 7 nitrogen and oxygen atoms in total. The Morgan fingerprint density at radius 3 is 2.21 bits per heavy atom. The van der Waals surface area contributed by atoms with Crippen LogP contribution in [0.3, 0.4) is 0 Å². The van der Waals surface area contributed by atoms with E-state index in [2.05, 4.69) is 10.1 Å². The van der Waals surface area contributed by atoms with Crippen LogP contribution in [0.2, 0.25) is 0 Å². The minimum Gasteiger partial charge on any atom is -0.465 e. The van der Waals surface area contributed by atoms with E-state index in [1.165, 1.54) is 19.2 Å². The van der Waals surface area contributed by atoms with Gasteiger partial charge in [-0.3, -0.25) is 4.79 Å². The van der Waals surface area contributed by atoms with Gasteiger partial charge >= 0.3 is 17.7 Å². The molecule has 1 aromatic carbocycles. The van der Waals surface area contributed by atoms with E-state index in [0.717, 1.165) is 7.11 Å². The second-order valence-corrected chi connectivity index (χ2v) is 3.54. The molecule has 1 atom stereocenters. The number of methoxy groups -OCH3 is 1. The third kappa shape index (κ3) is 2.65. The smallest absolute Gasteiger partial charge is 0.408 e. The monoisotopic (exact) mass is 266 g/mol. The maximum absolute atomic E-state index is 11.9. The highest BCUT2D eigenvalue weighted by Gasteiger charge is 2.51. The first-order valence-electron chi connectivity index (χ1n) is 5.33. The zero-order valence-electron chi connectivity index (χ0n) is 10.5. The number of carbonyl (C=O) groups is 3. The number of rotatable bonds is 4. The number of benzene rings is 1. The van der Waals surface area contributed by atoms with Gasteiger partial charge in [-0.25, -0.2) is 9.59 Å². The molecular weight excluding hydrogens is 252 g/mol. The highest BCUT2D eigenvalue weighted by atomic mass is 16.6. The first-order valence-corrected chi connectivity index (χ1v) is 5.33. The van der Waals surface area contributed by atoms with Crippen molar-refractivity contribution in [2.24, 2.45) is 5.73 Å². The molecule has 7 heteroatoms. The van der Waals surface area contributed by atoms with Gasteiger partial charge in [-0.15, -0.1) is 0 Å². The van der Waals surface area contributed by atoms with Gasteiger partial charge in [0, 0.05) is 12.6 Å². The van der Waals surface area contributed by atoms with Crippen molar-refractivity contribution in [3.63, 3.8) is 0 Å². The first kappa shape index (κ1) is 14.5. The number of esters is 1. The Bertz CT molecular complexity index is 488. The van der Waals surface area contributed by atoms with E-state index >= 15 is 0 Å². The maximum Gasteiger partial charge on any atom is 0.408 e. The molecule has 1 rings (SSSR count). The van der Waals surface area contributed by atoms with Gasteiger partial charge < -0.3 is 20.5 Å². The van der Waals surface area contributed by atoms with Crippen LogP contribution in [-0.2, 0) is 24.7 Å². The number of carbonyl (C=O) groups excluding carboxylic acids is 3. The first-order chi connectivity index (χ1) is 8.98. The largest absolute Gasteiger partial charge is 0.465 e. The highest BCUT2D eigenvalue weighted by molar-refractivity contribution is 6.07. The average Bonchev–Trinajstić information content (AvgIpc) is 2.44. The summed E-state index contributed by atoms with van der Waals surface area (Å²) in [6, 6.07) is 7.69. The summed E-state index contributed by atoms with van der Waals surface area (Å²) >= 11 is 0. The molecule has 0 aromatic heterocycles. The van der Waals surface area contributed by atoms with E-state index in [1.54, 1.807) is 18.2 Å². The molecule has 0 unspecified atom stereocenters. The molecule has 19 heavy (non-hydrogen) atoms. The highest BCUT2D eigenvalue weighted by Crippen LogP contribution is 2.27. The summed E-state index contributed by atoms with van der Waals surface area (Å²) in [6.45, 7) is 0. The second-order valence-electron chi connectivity index (χ2n) is 3.54. The lowest BCUT2D eigenvalue weighted by atomic mass is 9.93. The van der Waals surface area contributed by atoms with Crippen LogP contribution < -0.4 is 11.1 Å². The molecular formula is C12H14N2O5. The minimum absolute atomic E-state index is 0.109. The normalized spacial score (nSPS) is 12.9. The van der Waals surface area contributed by atoms with Crippen LogP contribution in [0, 0.1) is 0 Å². The van der Waals surface area contributed by atoms with Gasteiger partial charge in [0.05, 0.1) is 7.11 Å². The van der Waals surface area contributed by atoms with Crippen molar-refractivity contribution in [1.82, 2.24) is 5.32 Å². The van der Waals surface area contributed by atoms with Gasteiger partial charge in [0.2, 0.25) is 0 Å². The number of nitrogens with two attached hydrogens (primary N) is 1. The van der Waals surface area contributed by atoms with E-state index in [4.69, 9.17) is 10.5 Å². The summed E-state index contributed by atoms with van der Waals surface area (Å²) in [5.41, 5.74) is 3.04. The van der Waals surface area contributed by atoms with Crippen LogP contribution in [0.1, 0.15) is 5.56 Å². The second kappa shape index (κ2) is 5.85. The fourth-order valence-corrected chi connectivity index (χ4v) is 1.52. The summed E-state index contributed by atoms with van der Waals surface area (Å²) in [4.78, 5) is 35.0. The standard InChI is InChI=1S/C12H14N2O5/c1-14-11(17)19-12(9(13)15,10(16)18-2)8-6-4-3-5-7-8/h3-7H,1-2H3,(H2,13,15)(H,14,17)/t12-/m1/s1. The molecule has 0 saturated heterocycles. The van der Waals surface area contributed by atoms with Crippen molar-refractivity contribution in [2.45, 2.75) is 5.60 Å². The molecule has 0 aliphatic carbocycles. The van der Waals surface area contributed by atoms with Crippen LogP contribution in [0.25, 0.3) is 0 Å². The number of hydrogen-bond donors (Lipinski definition) is 2. The topological polar surface area (TPSA) is 108 Å². The molecule has 0 fully saturated rings. The number of primary amides is 1. The maximum atomic E-state index is 11.9. The molecule has 0 spiro atoms.